The van der Waals surface area contributed by atoms with Crippen molar-refractivity contribution in [1.29, 1.82) is 0 Å². The van der Waals surface area contributed by atoms with Crippen molar-refractivity contribution in [2.24, 2.45) is 0 Å². The third-order valence-electron chi connectivity index (χ3n) is 3.28. The monoisotopic (exact) mass is 275 g/mol. The highest BCUT2D eigenvalue weighted by molar-refractivity contribution is 5.87. The molecule has 0 aromatic carbocycles. The predicted octanol–water partition coefficient (Wildman–Crippen LogP) is 1.76. The second-order valence-corrected chi connectivity index (χ2v) is 4.92. The molecule has 0 unspecified atom stereocenters. The minimum Gasteiger partial charge on any atom is -0.360 e. The van der Waals surface area contributed by atoms with Gasteiger partial charge in [-0.1, -0.05) is 23.4 Å². The van der Waals surface area contributed by atoms with E-state index in [0.29, 0.717) is 0 Å². The Hall–Kier alpha value is -1.88. The first-order valence-corrected chi connectivity index (χ1v) is 6.92. The van der Waals surface area contributed by atoms with Crippen LogP contribution in [0.5, 0.6) is 0 Å². The first kappa shape index (κ1) is 14.5. The van der Waals surface area contributed by atoms with E-state index >= 15 is 0 Å². The summed E-state index contributed by atoms with van der Waals surface area (Å²) in [6.45, 7) is 7.85. The van der Waals surface area contributed by atoms with Crippen LogP contribution in [0.4, 0.5) is 0 Å². The molecule has 0 N–H and O–H groups in total. The third-order valence-corrected chi connectivity index (χ3v) is 3.28. The molecule has 1 aromatic heterocycles. The zero-order valence-corrected chi connectivity index (χ0v) is 12.1. The lowest BCUT2D eigenvalue weighted by molar-refractivity contribution is -0.127. The molecule has 2 rings (SSSR count). The maximum atomic E-state index is 11.9. The largest absolute Gasteiger partial charge is 0.360 e. The number of aryl methyl sites for hydroxylation is 1. The van der Waals surface area contributed by atoms with Gasteiger partial charge in [0, 0.05) is 38.3 Å². The number of piperazine rings is 1. The van der Waals surface area contributed by atoms with E-state index in [4.69, 9.17) is 4.52 Å². The van der Waals surface area contributed by atoms with Gasteiger partial charge in [0.2, 0.25) is 5.91 Å². The van der Waals surface area contributed by atoms with E-state index in [1.54, 1.807) is 12.2 Å². The van der Waals surface area contributed by atoms with Crippen LogP contribution in [0.15, 0.2) is 34.9 Å². The van der Waals surface area contributed by atoms with Crippen LogP contribution in [0.3, 0.4) is 0 Å². The minimum atomic E-state index is 0.0817. The first-order chi connectivity index (χ1) is 9.69. The lowest BCUT2D eigenvalue weighted by Gasteiger charge is -2.33. The van der Waals surface area contributed by atoms with E-state index in [-0.39, 0.29) is 5.91 Å². The topological polar surface area (TPSA) is 49.6 Å². The van der Waals surface area contributed by atoms with Crippen LogP contribution in [0.25, 0.3) is 0 Å². The van der Waals surface area contributed by atoms with Crippen LogP contribution in [-0.4, -0.2) is 47.0 Å². The minimum absolute atomic E-state index is 0.0817. The molecule has 5 nitrogen and oxygen atoms in total. The highest BCUT2D eigenvalue weighted by Crippen LogP contribution is 2.10. The Morgan fingerprint density at radius 1 is 1.35 bits per heavy atom. The Bertz CT molecular complexity index is 497. The van der Waals surface area contributed by atoms with Gasteiger partial charge in [0.05, 0.1) is 12.2 Å². The standard InChI is InChI=1S/C15H21N3O2/c1-3-4-5-6-15(19)18-9-7-17(8-10-18)12-14-11-13(2)16-20-14/h3-6,11H,7-10,12H2,1-2H3/b4-3+,6-5+. The van der Waals surface area contributed by atoms with Crippen LogP contribution < -0.4 is 0 Å². The Balaban J connectivity index is 1.78. The van der Waals surface area contributed by atoms with E-state index in [1.165, 1.54) is 0 Å². The van der Waals surface area contributed by atoms with Crippen LogP contribution in [0.2, 0.25) is 0 Å². The molecule has 1 aromatic rings. The number of hydrogen-bond acceptors (Lipinski definition) is 4. The summed E-state index contributed by atoms with van der Waals surface area (Å²) in [4.78, 5) is 16.1. The molecular weight excluding hydrogens is 254 g/mol. The second-order valence-electron chi connectivity index (χ2n) is 4.92. The van der Waals surface area contributed by atoms with E-state index in [1.807, 2.05) is 37.0 Å². The van der Waals surface area contributed by atoms with Crippen molar-refractivity contribution in [2.75, 3.05) is 26.2 Å². The van der Waals surface area contributed by atoms with Crippen molar-refractivity contribution in [2.45, 2.75) is 20.4 Å². The van der Waals surface area contributed by atoms with Gasteiger partial charge in [0.25, 0.3) is 0 Å². The summed E-state index contributed by atoms with van der Waals surface area (Å²) in [6, 6.07) is 1.96. The fourth-order valence-electron chi connectivity index (χ4n) is 2.19. The molecule has 20 heavy (non-hydrogen) atoms. The number of allylic oxidation sites excluding steroid dienone is 3. The number of nitrogens with zero attached hydrogens (tertiary/aromatic N) is 3. The number of amides is 1. The number of carbonyl (C=O) groups is 1. The molecule has 0 spiro atoms. The third kappa shape index (κ3) is 4.06. The molecule has 1 fully saturated rings. The Kier molecular flexibility index (Phi) is 5.12. The Morgan fingerprint density at radius 2 is 2.10 bits per heavy atom. The molecule has 0 saturated carbocycles. The van der Waals surface area contributed by atoms with E-state index in [2.05, 4.69) is 10.1 Å². The summed E-state index contributed by atoms with van der Waals surface area (Å²) in [5.41, 5.74) is 0.905. The van der Waals surface area contributed by atoms with Crippen molar-refractivity contribution in [3.63, 3.8) is 0 Å². The summed E-state index contributed by atoms with van der Waals surface area (Å²) >= 11 is 0. The molecule has 0 bridgehead atoms. The van der Waals surface area contributed by atoms with Crippen molar-refractivity contribution in [1.82, 2.24) is 15.0 Å². The molecule has 108 valence electrons. The van der Waals surface area contributed by atoms with Gasteiger partial charge in [0.1, 0.15) is 0 Å². The van der Waals surface area contributed by atoms with Gasteiger partial charge < -0.3 is 9.42 Å². The SMILES string of the molecule is C/C=C/C=C/C(=O)N1CCN(Cc2cc(C)no2)CC1. The van der Waals surface area contributed by atoms with Gasteiger partial charge in [-0.3, -0.25) is 9.69 Å². The van der Waals surface area contributed by atoms with Crippen molar-refractivity contribution < 1.29 is 9.32 Å². The van der Waals surface area contributed by atoms with Crippen LogP contribution >= 0.6 is 0 Å². The summed E-state index contributed by atoms with van der Waals surface area (Å²) in [5.74, 6) is 0.966. The number of rotatable bonds is 4. The summed E-state index contributed by atoms with van der Waals surface area (Å²) in [6.07, 6.45) is 7.17. The lowest BCUT2D eigenvalue weighted by Crippen LogP contribution is -2.47. The van der Waals surface area contributed by atoms with Crippen LogP contribution in [0.1, 0.15) is 18.4 Å². The van der Waals surface area contributed by atoms with Gasteiger partial charge in [-0.2, -0.15) is 0 Å². The van der Waals surface area contributed by atoms with Gasteiger partial charge in [0.15, 0.2) is 5.76 Å². The van der Waals surface area contributed by atoms with Crippen LogP contribution in [0, 0.1) is 6.92 Å². The Labute approximate surface area is 119 Å². The smallest absolute Gasteiger partial charge is 0.246 e. The van der Waals surface area contributed by atoms with Crippen molar-refractivity contribution >= 4 is 5.91 Å². The second kappa shape index (κ2) is 7.05. The summed E-state index contributed by atoms with van der Waals surface area (Å²) < 4.78 is 5.22. The molecule has 1 amide bonds. The number of aromatic nitrogens is 1. The zero-order chi connectivity index (χ0) is 14.4. The lowest BCUT2D eigenvalue weighted by atomic mass is 10.2. The molecular formula is C15H21N3O2. The van der Waals surface area contributed by atoms with E-state index < -0.39 is 0 Å². The quantitative estimate of drug-likeness (QED) is 0.620. The average Bonchev–Trinajstić information content (AvgIpc) is 2.85. The average molecular weight is 275 g/mol. The summed E-state index contributed by atoms with van der Waals surface area (Å²) in [7, 11) is 0. The molecule has 2 heterocycles. The molecule has 0 aliphatic carbocycles. The molecule has 0 atom stereocenters. The highest BCUT2D eigenvalue weighted by Gasteiger charge is 2.20. The predicted molar refractivity (Wildman–Crippen MR) is 77.1 cm³/mol. The van der Waals surface area contributed by atoms with Gasteiger partial charge in [-0.25, -0.2) is 0 Å². The molecule has 5 heteroatoms. The van der Waals surface area contributed by atoms with Gasteiger partial charge >= 0.3 is 0 Å². The normalized spacial score (nSPS) is 17.4. The maximum Gasteiger partial charge on any atom is 0.246 e. The van der Waals surface area contributed by atoms with Gasteiger partial charge in [-0.15, -0.1) is 0 Å². The van der Waals surface area contributed by atoms with Crippen LogP contribution in [-0.2, 0) is 11.3 Å². The fraction of sp³-hybridized carbons (Fsp3) is 0.467. The molecule has 1 aliphatic heterocycles. The molecule has 1 aliphatic rings. The van der Waals surface area contributed by atoms with Crippen molar-refractivity contribution in [3.05, 3.63) is 41.8 Å². The number of hydrogen-bond donors (Lipinski definition) is 0. The van der Waals surface area contributed by atoms with Crippen molar-refractivity contribution in [3.8, 4) is 0 Å². The Morgan fingerprint density at radius 3 is 2.70 bits per heavy atom. The number of carbonyl (C=O) groups excluding carboxylic acids is 1. The maximum absolute atomic E-state index is 11.9. The molecule has 1 saturated heterocycles. The highest BCUT2D eigenvalue weighted by atomic mass is 16.5. The first-order valence-electron chi connectivity index (χ1n) is 6.92. The summed E-state index contributed by atoms with van der Waals surface area (Å²) in [5, 5.41) is 3.89. The zero-order valence-electron chi connectivity index (χ0n) is 12.1. The van der Waals surface area contributed by atoms with E-state index in [9.17, 15) is 4.79 Å². The van der Waals surface area contributed by atoms with Gasteiger partial charge in [-0.05, 0) is 13.8 Å². The van der Waals surface area contributed by atoms with E-state index in [0.717, 1.165) is 44.2 Å². The molecule has 0 radical (unpaired) electrons. The fourth-order valence-corrected chi connectivity index (χ4v) is 2.19.